The van der Waals surface area contributed by atoms with Crippen molar-refractivity contribution in [2.75, 3.05) is 13.7 Å². The lowest BCUT2D eigenvalue weighted by molar-refractivity contribution is -0.145. The molecular formula is C14H23N3O5S. The molecule has 1 aromatic heterocycles. The number of carbonyl (C=O) groups excluding carboxylic acids is 2. The number of rotatable bonds is 8. The molecule has 1 amide bonds. The Morgan fingerprint density at radius 2 is 2.00 bits per heavy atom. The molecule has 0 unspecified atom stereocenters. The van der Waals surface area contributed by atoms with Crippen LogP contribution in [-0.4, -0.2) is 38.5 Å². The van der Waals surface area contributed by atoms with Gasteiger partial charge in [0.2, 0.25) is 10.0 Å². The molecule has 1 aromatic rings. The summed E-state index contributed by atoms with van der Waals surface area (Å²) in [5, 5.41) is 0. The lowest BCUT2D eigenvalue weighted by Crippen LogP contribution is -2.34. The van der Waals surface area contributed by atoms with E-state index in [9.17, 15) is 18.0 Å². The van der Waals surface area contributed by atoms with E-state index in [1.54, 1.807) is 0 Å². The standard InChI is InChI=1S/C14H23N3O5S/c1-9(2)5-10(14(19)22-4)7-16-23(20,21)11-6-12(13(15)18)17(3)8-11/h6,8-10,16H,5,7H2,1-4H3,(H2,15,18)/t10-/m1/s1. The highest BCUT2D eigenvalue weighted by atomic mass is 32.2. The fourth-order valence-electron chi connectivity index (χ4n) is 2.22. The molecule has 0 saturated carbocycles. The third-order valence-electron chi connectivity index (χ3n) is 3.35. The number of methoxy groups -OCH3 is 1. The van der Waals surface area contributed by atoms with Crippen molar-refractivity contribution in [3.05, 3.63) is 18.0 Å². The molecule has 0 spiro atoms. The summed E-state index contributed by atoms with van der Waals surface area (Å²) in [6.07, 6.45) is 1.79. The van der Waals surface area contributed by atoms with Gasteiger partial charge in [-0.15, -0.1) is 0 Å². The number of ether oxygens (including phenoxy) is 1. The Morgan fingerprint density at radius 3 is 2.43 bits per heavy atom. The number of nitrogens with zero attached hydrogens (tertiary/aromatic N) is 1. The minimum Gasteiger partial charge on any atom is -0.469 e. The largest absolute Gasteiger partial charge is 0.469 e. The average Bonchev–Trinajstić information content (AvgIpc) is 2.85. The first-order chi connectivity index (χ1) is 10.6. The molecule has 0 fully saturated rings. The van der Waals surface area contributed by atoms with E-state index in [0.29, 0.717) is 6.42 Å². The van der Waals surface area contributed by atoms with Gasteiger partial charge in [-0.25, -0.2) is 13.1 Å². The molecule has 9 heteroatoms. The first-order valence-electron chi connectivity index (χ1n) is 7.12. The third-order valence-corrected chi connectivity index (χ3v) is 4.74. The molecule has 1 rings (SSSR count). The molecule has 3 N–H and O–H groups in total. The van der Waals surface area contributed by atoms with Crippen molar-refractivity contribution in [2.45, 2.75) is 25.2 Å². The number of sulfonamides is 1. The predicted octanol–water partition coefficient (Wildman–Crippen LogP) is 0.238. The number of aryl methyl sites for hydroxylation is 1. The highest BCUT2D eigenvalue weighted by Crippen LogP contribution is 2.16. The fraction of sp³-hybridized carbons (Fsp3) is 0.571. The SMILES string of the molecule is COC(=O)[C@@H](CNS(=O)(=O)c1cc(C(N)=O)n(C)c1)CC(C)C. The highest BCUT2D eigenvalue weighted by molar-refractivity contribution is 7.89. The Balaban J connectivity index is 2.91. The number of amides is 1. The molecule has 0 aromatic carbocycles. The van der Waals surface area contributed by atoms with Crippen LogP contribution in [0.25, 0.3) is 0 Å². The summed E-state index contributed by atoms with van der Waals surface area (Å²) in [5.41, 5.74) is 5.25. The first-order valence-corrected chi connectivity index (χ1v) is 8.60. The molecular weight excluding hydrogens is 322 g/mol. The Hall–Kier alpha value is -1.87. The van der Waals surface area contributed by atoms with Crippen molar-refractivity contribution >= 4 is 21.9 Å². The number of aromatic nitrogens is 1. The van der Waals surface area contributed by atoms with Crippen LogP contribution in [0.5, 0.6) is 0 Å². The van der Waals surface area contributed by atoms with Gasteiger partial charge in [0.1, 0.15) is 10.6 Å². The Labute approximate surface area is 136 Å². The van der Waals surface area contributed by atoms with Gasteiger partial charge in [-0.2, -0.15) is 0 Å². The van der Waals surface area contributed by atoms with E-state index in [-0.39, 0.29) is 23.1 Å². The van der Waals surface area contributed by atoms with Crippen molar-refractivity contribution in [2.24, 2.45) is 24.6 Å². The lowest BCUT2D eigenvalue weighted by atomic mass is 9.97. The normalized spacial score (nSPS) is 13.1. The van der Waals surface area contributed by atoms with Crippen LogP contribution in [0.3, 0.4) is 0 Å². The topological polar surface area (TPSA) is 120 Å². The van der Waals surface area contributed by atoms with E-state index in [4.69, 9.17) is 10.5 Å². The van der Waals surface area contributed by atoms with Gasteiger partial charge in [0.25, 0.3) is 5.91 Å². The summed E-state index contributed by atoms with van der Waals surface area (Å²) in [7, 11) is -1.07. The van der Waals surface area contributed by atoms with Crippen LogP contribution in [0, 0.1) is 11.8 Å². The van der Waals surface area contributed by atoms with Gasteiger partial charge < -0.3 is 15.0 Å². The molecule has 8 nitrogen and oxygen atoms in total. The monoisotopic (exact) mass is 345 g/mol. The van der Waals surface area contributed by atoms with Crippen LogP contribution in [0.2, 0.25) is 0 Å². The van der Waals surface area contributed by atoms with Gasteiger partial charge in [-0.05, 0) is 18.4 Å². The fourth-order valence-corrected chi connectivity index (χ4v) is 3.37. The number of esters is 1. The minimum atomic E-state index is -3.85. The van der Waals surface area contributed by atoms with Gasteiger partial charge in [0, 0.05) is 19.8 Å². The molecule has 0 saturated heterocycles. The molecule has 0 aliphatic rings. The maximum Gasteiger partial charge on any atom is 0.309 e. The summed E-state index contributed by atoms with van der Waals surface area (Å²) >= 11 is 0. The van der Waals surface area contributed by atoms with Gasteiger partial charge in [0.15, 0.2) is 0 Å². The molecule has 23 heavy (non-hydrogen) atoms. The van der Waals surface area contributed by atoms with Crippen LogP contribution in [-0.2, 0) is 26.6 Å². The third kappa shape index (κ3) is 5.07. The van der Waals surface area contributed by atoms with E-state index < -0.39 is 27.8 Å². The van der Waals surface area contributed by atoms with Crippen molar-refractivity contribution in [1.82, 2.24) is 9.29 Å². The molecule has 0 aliphatic carbocycles. The van der Waals surface area contributed by atoms with Gasteiger partial charge >= 0.3 is 5.97 Å². The maximum absolute atomic E-state index is 12.3. The Kier molecular flexibility index (Phi) is 6.34. The summed E-state index contributed by atoms with van der Waals surface area (Å²) in [6.45, 7) is 3.79. The molecule has 0 aliphatic heterocycles. The average molecular weight is 345 g/mol. The number of nitrogens with two attached hydrogens (primary N) is 1. The second-order valence-corrected chi connectivity index (χ2v) is 7.50. The molecule has 0 radical (unpaired) electrons. The smallest absolute Gasteiger partial charge is 0.309 e. The minimum absolute atomic E-state index is 0.0754. The number of primary amides is 1. The van der Waals surface area contributed by atoms with Crippen LogP contribution < -0.4 is 10.5 Å². The number of nitrogens with one attached hydrogen (secondary N) is 1. The summed E-state index contributed by atoms with van der Waals surface area (Å²) in [5.74, 6) is -1.55. The van der Waals surface area contributed by atoms with Crippen molar-refractivity contribution in [3.8, 4) is 0 Å². The second-order valence-electron chi connectivity index (χ2n) is 5.74. The van der Waals surface area contributed by atoms with Crippen LogP contribution >= 0.6 is 0 Å². The van der Waals surface area contributed by atoms with Crippen molar-refractivity contribution < 1.29 is 22.7 Å². The summed E-state index contributed by atoms with van der Waals surface area (Å²) < 4.78 is 33.0. The number of hydrogen-bond acceptors (Lipinski definition) is 5. The molecule has 1 heterocycles. The zero-order valence-electron chi connectivity index (χ0n) is 13.7. The van der Waals surface area contributed by atoms with E-state index in [0.717, 1.165) is 0 Å². The quantitative estimate of drug-likeness (QED) is 0.654. The van der Waals surface area contributed by atoms with E-state index in [1.165, 1.54) is 31.0 Å². The van der Waals surface area contributed by atoms with Gasteiger partial charge in [0.05, 0.1) is 13.0 Å². The zero-order chi connectivity index (χ0) is 17.8. The zero-order valence-corrected chi connectivity index (χ0v) is 14.5. The molecule has 0 bridgehead atoms. The van der Waals surface area contributed by atoms with Crippen molar-refractivity contribution in [3.63, 3.8) is 0 Å². The maximum atomic E-state index is 12.3. The number of hydrogen-bond donors (Lipinski definition) is 2. The van der Waals surface area contributed by atoms with Gasteiger partial charge in [-0.1, -0.05) is 13.8 Å². The molecule has 130 valence electrons. The van der Waals surface area contributed by atoms with Crippen LogP contribution in [0.4, 0.5) is 0 Å². The Morgan fingerprint density at radius 1 is 1.39 bits per heavy atom. The summed E-state index contributed by atoms with van der Waals surface area (Å²) in [6, 6.07) is 1.19. The van der Waals surface area contributed by atoms with E-state index in [1.807, 2.05) is 13.8 Å². The first kappa shape index (κ1) is 19.2. The van der Waals surface area contributed by atoms with Crippen LogP contribution in [0.1, 0.15) is 30.8 Å². The molecule has 1 atom stereocenters. The van der Waals surface area contributed by atoms with Crippen molar-refractivity contribution in [1.29, 1.82) is 0 Å². The second kappa shape index (κ2) is 7.60. The van der Waals surface area contributed by atoms with E-state index >= 15 is 0 Å². The Bertz CT molecular complexity index is 679. The highest BCUT2D eigenvalue weighted by Gasteiger charge is 2.25. The van der Waals surface area contributed by atoms with Gasteiger partial charge in [-0.3, -0.25) is 9.59 Å². The number of carbonyl (C=O) groups is 2. The lowest BCUT2D eigenvalue weighted by Gasteiger charge is -2.17. The summed E-state index contributed by atoms with van der Waals surface area (Å²) in [4.78, 5) is 22.8. The van der Waals surface area contributed by atoms with Crippen LogP contribution in [0.15, 0.2) is 17.2 Å². The van der Waals surface area contributed by atoms with E-state index in [2.05, 4.69) is 4.72 Å². The predicted molar refractivity (Wildman–Crippen MR) is 84.1 cm³/mol.